The summed E-state index contributed by atoms with van der Waals surface area (Å²) in [6.07, 6.45) is 6.44. The summed E-state index contributed by atoms with van der Waals surface area (Å²) in [4.78, 5) is 56.7. The second-order valence-corrected chi connectivity index (χ2v) is 8.74. The monoisotopic (exact) mass is 433 g/mol. The Morgan fingerprint density at radius 3 is 2.45 bits per heavy atom. The molecule has 1 saturated carbocycles. The maximum absolute atomic E-state index is 13.6. The quantitative estimate of drug-likeness (QED) is 0.614. The molecule has 0 aromatic carbocycles. The van der Waals surface area contributed by atoms with Crippen molar-refractivity contribution in [3.8, 4) is 0 Å². The van der Waals surface area contributed by atoms with Gasteiger partial charge in [-0.15, -0.1) is 0 Å². The van der Waals surface area contributed by atoms with Crippen LogP contribution in [0, 0.1) is 11.8 Å². The molecule has 2 aliphatic rings. The molecule has 2 heterocycles. The van der Waals surface area contributed by atoms with Crippen LogP contribution in [-0.2, 0) is 16.1 Å². The van der Waals surface area contributed by atoms with Gasteiger partial charge in [0.25, 0.3) is 5.56 Å². The van der Waals surface area contributed by atoms with Crippen LogP contribution in [0.3, 0.4) is 0 Å². The van der Waals surface area contributed by atoms with E-state index in [1.165, 1.54) is 9.47 Å². The largest absolute Gasteiger partial charge is 0.383 e. The van der Waals surface area contributed by atoms with Gasteiger partial charge in [0.05, 0.1) is 5.92 Å². The lowest BCUT2D eigenvalue weighted by Gasteiger charge is -2.35. The van der Waals surface area contributed by atoms with Gasteiger partial charge >= 0.3 is 5.69 Å². The zero-order chi connectivity index (χ0) is 22.5. The first-order chi connectivity index (χ1) is 14.9. The van der Waals surface area contributed by atoms with E-state index in [4.69, 9.17) is 5.73 Å². The molecule has 1 saturated heterocycles. The lowest BCUT2D eigenvalue weighted by atomic mass is 9.95. The number of aromatic amines is 1. The summed E-state index contributed by atoms with van der Waals surface area (Å²) in [5.74, 6) is -0.273. The first kappa shape index (κ1) is 23.1. The molecule has 9 nitrogen and oxygen atoms in total. The van der Waals surface area contributed by atoms with Crippen LogP contribution >= 0.6 is 0 Å². The molecule has 1 unspecified atom stereocenters. The van der Waals surface area contributed by atoms with Crippen molar-refractivity contribution in [3.05, 3.63) is 20.8 Å². The summed E-state index contributed by atoms with van der Waals surface area (Å²) in [5.41, 5.74) is 5.14. The number of amides is 2. The minimum atomic E-state index is -0.638. The zero-order valence-electron chi connectivity index (χ0n) is 18.7. The molecule has 172 valence electrons. The standard InChI is InChI=1S/C22H35N5O4/c1-3-5-12-26(17-18(23)27(13-6-4-2)22(31)24-19(17)28)21(30)16-8-7-11-25(14-16)20(29)15-9-10-15/h15-16H,3-14,23H2,1-2H3,(H,24,28,31). The summed E-state index contributed by atoms with van der Waals surface area (Å²) in [7, 11) is 0. The maximum Gasteiger partial charge on any atom is 0.330 e. The predicted octanol–water partition coefficient (Wildman–Crippen LogP) is 1.70. The smallest absolute Gasteiger partial charge is 0.330 e. The number of aromatic nitrogens is 2. The third-order valence-corrected chi connectivity index (χ3v) is 6.23. The average Bonchev–Trinajstić information content (AvgIpc) is 3.60. The summed E-state index contributed by atoms with van der Waals surface area (Å²) in [6.45, 7) is 5.80. The minimum absolute atomic E-state index is 0.0355. The molecule has 1 aliphatic carbocycles. The van der Waals surface area contributed by atoms with Crippen LogP contribution in [0.2, 0.25) is 0 Å². The Morgan fingerprint density at radius 1 is 1.10 bits per heavy atom. The number of likely N-dealkylation sites (tertiary alicyclic amines) is 1. The van der Waals surface area contributed by atoms with Crippen molar-refractivity contribution in [2.24, 2.45) is 11.8 Å². The molecule has 1 atom stereocenters. The number of carbonyl (C=O) groups excluding carboxylic acids is 2. The highest BCUT2D eigenvalue weighted by Crippen LogP contribution is 2.33. The summed E-state index contributed by atoms with van der Waals surface area (Å²) < 4.78 is 1.34. The third kappa shape index (κ3) is 5.19. The lowest BCUT2D eigenvalue weighted by molar-refractivity contribution is -0.136. The van der Waals surface area contributed by atoms with Gasteiger partial charge in [-0.05, 0) is 38.5 Å². The number of nitrogen functional groups attached to an aromatic ring is 1. The van der Waals surface area contributed by atoms with Crippen LogP contribution in [-0.4, -0.2) is 45.9 Å². The molecular weight excluding hydrogens is 398 g/mol. The Labute approximate surface area is 182 Å². The Hall–Kier alpha value is -2.58. The number of anilines is 2. The molecule has 0 spiro atoms. The molecule has 3 rings (SSSR count). The topological polar surface area (TPSA) is 121 Å². The first-order valence-corrected chi connectivity index (χ1v) is 11.6. The highest BCUT2D eigenvalue weighted by molar-refractivity contribution is 5.97. The van der Waals surface area contributed by atoms with Crippen molar-refractivity contribution >= 4 is 23.3 Å². The number of nitrogens with two attached hydrogens (primary N) is 1. The SMILES string of the molecule is CCCCN(C(=O)C1CCCN(C(=O)C2CC2)C1)c1c(N)n(CCCC)c(=O)[nH]c1=O. The van der Waals surface area contributed by atoms with E-state index >= 15 is 0 Å². The lowest BCUT2D eigenvalue weighted by Crippen LogP contribution is -2.49. The van der Waals surface area contributed by atoms with E-state index in [1.54, 1.807) is 4.90 Å². The van der Waals surface area contributed by atoms with E-state index in [2.05, 4.69) is 4.98 Å². The number of hydrogen-bond donors (Lipinski definition) is 2. The molecule has 1 aliphatic heterocycles. The number of H-pyrrole nitrogens is 1. The second-order valence-electron chi connectivity index (χ2n) is 8.74. The molecular formula is C22H35N5O4. The molecule has 3 N–H and O–H groups in total. The second kappa shape index (κ2) is 10.2. The van der Waals surface area contributed by atoms with Crippen molar-refractivity contribution < 1.29 is 9.59 Å². The third-order valence-electron chi connectivity index (χ3n) is 6.23. The van der Waals surface area contributed by atoms with Crippen molar-refractivity contribution in [2.45, 2.75) is 71.8 Å². The van der Waals surface area contributed by atoms with Crippen molar-refractivity contribution in [1.29, 1.82) is 0 Å². The fraction of sp³-hybridized carbons (Fsp3) is 0.727. The number of hydrogen-bond acceptors (Lipinski definition) is 5. The molecule has 31 heavy (non-hydrogen) atoms. The predicted molar refractivity (Wildman–Crippen MR) is 120 cm³/mol. The van der Waals surface area contributed by atoms with Gasteiger partial charge in [-0.2, -0.15) is 0 Å². The maximum atomic E-state index is 13.6. The Bertz CT molecular complexity index is 917. The Kier molecular flexibility index (Phi) is 7.56. The number of nitrogens with zero attached hydrogens (tertiary/aromatic N) is 3. The van der Waals surface area contributed by atoms with Crippen LogP contribution in [0.5, 0.6) is 0 Å². The van der Waals surface area contributed by atoms with Crippen molar-refractivity contribution in [2.75, 3.05) is 30.3 Å². The van der Waals surface area contributed by atoms with Crippen LogP contribution in [0.4, 0.5) is 11.5 Å². The number of nitrogens with one attached hydrogen (secondary N) is 1. The number of rotatable bonds is 9. The van der Waals surface area contributed by atoms with Gasteiger partial charge in [0.15, 0.2) is 5.69 Å². The summed E-state index contributed by atoms with van der Waals surface area (Å²) in [5, 5.41) is 0. The number of carbonyl (C=O) groups is 2. The van der Waals surface area contributed by atoms with Gasteiger partial charge in [-0.3, -0.25) is 23.9 Å². The summed E-state index contributed by atoms with van der Waals surface area (Å²) in [6, 6.07) is 0. The van der Waals surface area contributed by atoms with Crippen LogP contribution in [0.15, 0.2) is 9.59 Å². The number of piperidine rings is 1. The van der Waals surface area contributed by atoms with Crippen molar-refractivity contribution in [1.82, 2.24) is 14.5 Å². The minimum Gasteiger partial charge on any atom is -0.383 e. The zero-order valence-corrected chi connectivity index (χ0v) is 18.7. The highest BCUT2D eigenvalue weighted by Gasteiger charge is 2.38. The van der Waals surface area contributed by atoms with Crippen molar-refractivity contribution in [3.63, 3.8) is 0 Å². The van der Waals surface area contributed by atoms with E-state index in [-0.39, 0.29) is 35.2 Å². The average molecular weight is 434 g/mol. The van der Waals surface area contributed by atoms with Gasteiger partial charge in [0, 0.05) is 32.1 Å². The number of unbranched alkanes of at least 4 members (excludes halogenated alkanes) is 2. The van der Waals surface area contributed by atoms with E-state index in [0.717, 1.165) is 38.5 Å². The van der Waals surface area contributed by atoms with Crippen LogP contribution < -0.4 is 21.9 Å². The molecule has 1 aromatic rings. The van der Waals surface area contributed by atoms with E-state index < -0.39 is 11.2 Å². The van der Waals surface area contributed by atoms with Gasteiger partial charge in [0.1, 0.15) is 5.82 Å². The first-order valence-electron chi connectivity index (χ1n) is 11.6. The van der Waals surface area contributed by atoms with Gasteiger partial charge in [0.2, 0.25) is 11.8 Å². The molecule has 9 heteroatoms. The molecule has 1 aromatic heterocycles. The Balaban J connectivity index is 1.90. The van der Waals surface area contributed by atoms with Gasteiger partial charge in [-0.25, -0.2) is 4.79 Å². The van der Waals surface area contributed by atoms with Crippen LogP contribution in [0.25, 0.3) is 0 Å². The normalized spacial score (nSPS) is 18.8. The van der Waals surface area contributed by atoms with Gasteiger partial charge in [-0.1, -0.05) is 26.7 Å². The van der Waals surface area contributed by atoms with Gasteiger partial charge < -0.3 is 15.5 Å². The van der Waals surface area contributed by atoms with E-state index in [9.17, 15) is 19.2 Å². The highest BCUT2D eigenvalue weighted by atomic mass is 16.2. The molecule has 0 bridgehead atoms. The van der Waals surface area contributed by atoms with E-state index in [1.807, 2.05) is 13.8 Å². The fourth-order valence-corrected chi connectivity index (χ4v) is 4.21. The molecule has 2 fully saturated rings. The Morgan fingerprint density at radius 2 is 1.81 bits per heavy atom. The molecule has 0 radical (unpaired) electrons. The van der Waals surface area contributed by atoms with E-state index in [0.29, 0.717) is 39.0 Å². The molecule has 2 amide bonds. The summed E-state index contributed by atoms with van der Waals surface area (Å²) >= 11 is 0. The van der Waals surface area contributed by atoms with Crippen LogP contribution in [0.1, 0.15) is 65.2 Å². The fourth-order valence-electron chi connectivity index (χ4n) is 4.21.